The number of sulfone groups is 1. The lowest BCUT2D eigenvalue weighted by Crippen LogP contribution is -2.50. The molecule has 0 amide bonds. The van der Waals surface area contributed by atoms with Crippen LogP contribution in [-0.4, -0.2) is 59.5 Å². The van der Waals surface area contributed by atoms with E-state index < -0.39 is 26.2 Å². The third-order valence-electron chi connectivity index (χ3n) is 4.32. The van der Waals surface area contributed by atoms with E-state index in [1.807, 2.05) is 0 Å². The standard InChI is InChI=1S/C15H21NO6S2/c1-23(17,18)12-5-7-13(8-6-12)24(19,20)16-9-3-2-4-14(16)15-21-10-11-22-15/h5-8,14-15H,2-4,9-11H2,1H3. The van der Waals surface area contributed by atoms with Crippen LogP contribution in [0.25, 0.3) is 0 Å². The van der Waals surface area contributed by atoms with Gasteiger partial charge in [-0.1, -0.05) is 6.42 Å². The minimum Gasteiger partial charge on any atom is -0.349 e. The zero-order valence-corrected chi connectivity index (χ0v) is 15.1. The molecule has 7 nitrogen and oxygen atoms in total. The van der Waals surface area contributed by atoms with Crippen LogP contribution in [0.15, 0.2) is 34.1 Å². The van der Waals surface area contributed by atoms with Crippen molar-refractivity contribution >= 4 is 19.9 Å². The molecule has 2 aliphatic rings. The Morgan fingerprint density at radius 1 is 0.958 bits per heavy atom. The molecule has 0 spiro atoms. The number of hydrogen-bond donors (Lipinski definition) is 0. The molecule has 2 saturated heterocycles. The average Bonchev–Trinajstić information content (AvgIpc) is 3.08. The first-order chi connectivity index (χ1) is 11.3. The zero-order chi connectivity index (χ0) is 17.4. The first kappa shape index (κ1) is 17.8. The van der Waals surface area contributed by atoms with E-state index in [1.54, 1.807) is 0 Å². The summed E-state index contributed by atoms with van der Waals surface area (Å²) >= 11 is 0. The van der Waals surface area contributed by atoms with Crippen LogP contribution < -0.4 is 0 Å². The zero-order valence-electron chi connectivity index (χ0n) is 13.4. The Bertz CT molecular complexity index is 782. The molecule has 1 aromatic carbocycles. The molecular formula is C15H21NO6S2. The molecule has 1 unspecified atom stereocenters. The van der Waals surface area contributed by atoms with E-state index in [0.717, 1.165) is 19.1 Å². The van der Waals surface area contributed by atoms with E-state index in [-0.39, 0.29) is 15.8 Å². The van der Waals surface area contributed by atoms with Crippen LogP contribution in [0.2, 0.25) is 0 Å². The van der Waals surface area contributed by atoms with Gasteiger partial charge in [0.05, 0.1) is 29.0 Å². The Morgan fingerprint density at radius 3 is 2.12 bits per heavy atom. The van der Waals surface area contributed by atoms with Crippen LogP contribution in [0.1, 0.15) is 19.3 Å². The highest BCUT2D eigenvalue weighted by Gasteiger charge is 2.40. The van der Waals surface area contributed by atoms with E-state index in [0.29, 0.717) is 26.2 Å². The third kappa shape index (κ3) is 3.50. The van der Waals surface area contributed by atoms with Gasteiger partial charge < -0.3 is 9.47 Å². The lowest BCUT2D eigenvalue weighted by molar-refractivity contribution is -0.0913. The molecule has 2 fully saturated rings. The summed E-state index contributed by atoms with van der Waals surface area (Å²) in [6, 6.07) is 4.98. The molecule has 1 atom stereocenters. The largest absolute Gasteiger partial charge is 0.349 e. The van der Waals surface area contributed by atoms with Crippen LogP contribution in [-0.2, 0) is 29.3 Å². The fourth-order valence-corrected chi connectivity index (χ4v) is 5.41. The molecule has 0 aromatic heterocycles. The molecular weight excluding hydrogens is 354 g/mol. The highest BCUT2D eigenvalue weighted by atomic mass is 32.2. The molecule has 0 saturated carbocycles. The van der Waals surface area contributed by atoms with Gasteiger partial charge >= 0.3 is 0 Å². The van der Waals surface area contributed by atoms with E-state index in [2.05, 4.69) is 0 Å². The summed E-state index contributed by atoms with van der Waals surface area (Å²) in [7, 11) is -7.09. The van der Waals surface area contributed by atoms with Crippen LogP contribution in [0.3, 0.4) is 0 Å². The average molecular weight is 375 g/mol. The second-order valence-electron chi connectivity index (χ2n) is 6.03. The van der Waals surface area contributed by atoms with Crippen molar-refractivity contribution < 1.29 is 26.3 Å². The Balaban J connectivity index is 1.90. The van der Waals surface area contributed by atoms with Crippen LogP contribution in [0, 0.1) is 0 Å². The maximum absolute atomic E-state index is 13.0. The van der Waals surface area contributed by atoms with Crippen molar-refractivity contribution in [1.29, 1.82) is 0 Å². The maximum atomic E-state index is 13.0. The van der Waals surface area contributed by atoms with Gasteiger partial charge in [-0.2, -0.15) is 4.31 Å². The highest BCUT2D eigenvalue weighted by molar-refractivity contribution is 7.90. The number of sulfonamides is 1. The van der Waals surface area contributed by atoms with E-state index in [4.69, 9.17) is 9.47 Å². The minimum atomic E-state index is -3.73. The van der Waals surface area contributed by atoms with E-state index in [9.17, 15) is 16.8 Å². The lowest BCUT2D eigenvalue weighted by atomic mass is 10.0. The topological polar surface area (TPSA) is 90.0 Å². The fourth-order valence-electron chi connectivity index (χ4n) is 3.09. The van der Waals surface area contributed by atoms with Gasteiger partial charge in [0.25, 0.3) is 0 Å². The summed E-state index contributed by atoms with van der Waals surface area (Å²) in [5.74, 6) is 0. The normalized spacial score (nSPS) is 24.3. The first-order valence-electron chi connectivity index (χ1n) is 7.85. The summed E-state index contributed by atoms with van der Waals surface area (Å²) in [5, 5.41) is 0. The lowest BCUT2D eigenvalue weighted by Gasteiger charge is -2.36. The van der Waals surface area contributed by atoms with Gasteiger partial charge in [0.15, 0.2) is 16.1 Å². The SMILES string of the molecule is CS(=O)(=O)c1ccc(S(=O)(=O)N2CCCCC2C2OCCO2)cc1. The number of ether oxygens (including phenoxy) is 2. The van der Waals surface area contributed by atoms with E-state index in [1.165, 1.54) is 28.6 Å². The van der Waals surface area contributed by atoms with Gasteiger partial charge in [-0.3, -0.25) is 0 Å². The Morgan fingerprint density at radius 2 is 1.54 bits per heavy atom. The molecule has 0 radical (unpaired) electrons. The van der Waals surface area contributed by atoms with Crippen LogP contribution >= 0.6 is 0 Å². The summed E-state index contributed by atoms with van der Waals surface area (Å²) in [4.78, 5) is 0.180. The predicted octanol–water partition coefficient (Wildman–Crippen LogP) is 1.01. The molecule has 0 aliphatic carbocycles. The Hall–Kier alpha value is -1.00. The van der Waals surface area contributed by atoms with Gasteiger partial charge in [0.2, 0.25) is 10.0 Å². The highest BCUT2D eigenvalue weighted by Crippen LogP contribution is 2.30. The van der Waals surface area contributed by atoms with Crippen molar-refractivity contribution in [1.82, 2.24) is 4.31 Å². The number of piperidine rings is 1. The van der Waals surface area contributed by atoms with Crippen LogP contribution in [0.4, 0.5) is 0 Å². The van der Waals surface area contributed by atoms with Crippen molar-refractivity contribution in [3.05, 3.63) is 24.3 Å². The van der Waals surface area contributed by atoms with Crippen molar-refractivity contribution in [3.8, 4) is 0 Å². The maximum Gasteiger partial charge on any atom is 0.243 e. The number of nitrogens with zero attached hydrogens (tertiary/aromatic N) is 1. The monoisotopic (exact) mass is 375 g/mol. The molecule has 24 heavy (non-hydrogen) atoms. The van der Waals surface area contributed by atoms with Gasteiger partial charge in [0, 0.05) is 12.8 Å². The van der Waals surface area contributed by atoms with Crippen molar-refractivity contribution in [2.45, 2.75) is 41.4 Å². The predicted molar refractivity (Wildman–Crippen MR) is 86.8 cm³/mol. The summed E-state index contributed by atoms with van der Waals surface area (Å²) in [6.07, 6.45) is 2.95. The summed E-state index contributed by atoms with van der Waals surface area (Å²) < 4.78 is 61.5. The van der Waals surface area contributed by atoms with Crippen molar-refractivity contribution in [2.75, 3.05) is 26.0 Å². The number of rotatable bonds is 4. The molecule has 2 aliphatic heterocycles. The van der Waals surface area contributed by atoms with Gasteiger partial charge in [0.1, 0.15) is 0 Å². The van der Waals surface area contributed by atoms with E-state index >= 15 is 0 Å². The molecule has 0 N–H and O–H groups in total. The number of hydrogen-bond acceptors (Lipinski definition) is 6. The summed E-state index contributed by atoms with van der Waals surface area (Å²) in [6.45, 7) is 1.35. The van der Waals surface area contributed by atoms with Gasteiger partial charge in [-0.05, 0) is 37.1 Å². The molecule has 134 valence electrons. The Kier molecular flexibility index (Phi) is 4.99. The quantitative estimate of drug-likeness (QED) is 0.780. The second-order valence-corrected chi connectivity index (χ2v) is 9.94. The Labute approximate surface area is 142 Å². The smallest absolute Gasteiger partial charge is 0.243 e. The minimum absolute atomic E-state index is 0.0831. The molecule has 2 heterocycles. The van der Waals surface area contributed by atoms with Gasteiger partial charge in [-0.15, -0.1) is 0 Å². The fraction of sp³-hybridized carbons (Fsp3) is 0.600. The third-order valence-corrected chi connectivity index (χ3v) is 7.39. The molecule has 3 rings (SSSR count). The van der Waals surface area contributed by atoms with Crippen molar-refractivity contribution in [2.24, 2.45) is 0 Å². The summed E-state index contributed by atoms with van der Waals surface area (Å²) in [5.41, 5.74) is 0. The van der Waals surface area contributed by atoms with Crippen molar-refractivity contribution in [3.63, 3.8) is 0 Å². The number of benzene rings is 1. The molecule has 0 bridgehead atoms. The first-order valence-corrected chi connectivity index (χ1v) is 11.2. The second kappa shape index (κ2) is 6.72. The van der Waals surface area contributed by atoms with Crippen LogP contribution in [0.5, 0.6) is 0 Å². The molecule has 1 aromatic rings. The molecule has 9 heteroatoms. The van der Waals surface area contributed by atoms with Gasteiger partial charge in [-0.25, -0.2) is 16.8 Å².